The molecule has 6 nitrogen and oxygen atoms in total. The van der Waals surface area contributed by atoms with E-state index in [2.05, 4.69) is 25.6 Å². The molecule has 0 bridgehead atoms. The molecule has 0 aliphatic heterocycles. The Morgan fingerprint density at radius 3 is 2.59 bits per heavy atom. The smallest absolute Gasteiger partial charge is 0.365 e. The van der Waals surface area contributed by atoms with Gasteiger partial charge < -0.3 is 15.6 Å². The van der Waals surface area contributed by atoms with E-state index in [1.807, 2.05) is 19.1 Å². The molecule has 1 amide bonds. The van der Waals surface area contributed by atoms with Crippen LogP contribution in [0.1, 0.15) is 27.2 Å². The lowest BCUT2D eigenvalue weighted by Crippen LogP contribution is -2.16. The number of hydrogen-bond donors (Lipinski definition) is 3. The zero-order valence-electron chi connectivity index (χ0n) is 16.7. The molecule has 3 aromatic heterocycles. The molecule has 10 heteroatoms. The summed E-state index contributed by atoms with van der Waals surface area (Å²) in [6.07, 6.45) is -1.75. The van der Waals surface area contributed by atoms with Crippen molar-refractivity contribution in [2.24, 2.45) is 0 Å². The number of carbonyl (C=O) groups excluding carboxylic acids is 1. The Labute approximate surface area is 179 Å². The van der Waals surface area contributed by atoms with E-state index in [0.717, 1.165) is 53.2 Å². The van der Waals surface area contributed by atoms with E-state index < -0.39 is 23.5 Å². The largest absolute Gasteiger partial charge is 0.416 e. The summed E-state index contributed by atoms with van der Waals surface area (Å²) in [6.45, 7) is 2.14. The molecule has 3 N–H and O–H groups in total. The van der Waals surface area contributed by atoms with Crippen molar-refractivity contribution in [1.82, 2.24) is 15.0 Å². The molecule has 0 spiro atoms. The van der Waals surface area contributed by atoms with Crippen LogP contribution in [0.15, 0.2) is 54.9 Å². The number of H-pyrrole nitrogens is 1. The van der Waals surface area contributed by atoms with Crippen molar-refractivity contribution in [2.75, 3.05) is 10.6 Å². The van der Waals surface area contributed by atoms with Crippen LogP contribution in [0.3, 0.4) is 0 Å². The Kier molecular flexibility index (Phi) is 5.52. The zero-order valence-corrected chi connectivity index (χ0v) is 16.7. The predicted octanol–water partition coefficient (Wildman–Crippen LogP) is 5.29. The lowest BCUT2D eigenvalue weighted by atomic mass is 10.1. The highest BCUT2D eigenvalue weighted by molar-refractivity contribution is 6.07. The highest BCUT2D eigenvalue weighted by atomic mass is 19.4. The van der Waals surface area contributed by atoms with Crippen molar-refractivity contribution in [3.63, 3.8) is 0 Å². The average Bonchev–Trinajstić information content (AvgIpc) is 3.20. The Hall–Kier alpha value is -3.95. The summed E-state index contributed by atoms with van der Waals surface area (Å²) in [5, 5.41) is 6.39. The second-order valence-corrected chi connectivity index (χ2v) is 7.10. The molecule has 164 valence electrons. The van der Waals surface area contributed by atoms with Gasteiger partial charge in [-0.1, -0.05) is 0 Å². The van der Waals surface area contributed by atoms with E-state index >= 15 is 0 Å². The van der Waals surface area contributed by atoms with Gasteiger partial charge >= 0.3 is 6.18 Å². The maximum atomic E-state index is 13.8. The summed E-state index contributed by atoms with van der Waals surface area (Å²) < 4.78 is 52.0. The van der Waals surface area contributed by atoms with Crippen molar-refractivity contribution in [1.29, 1.82) is 0 Å². The van der Waals surface area contributed by atoms with Gasteiger partial charge in [-0.15, -0.1) is 0 Å². The van der Waals surface area contributed by atoms with Gasteiger partial charge in [-0.3, -0.25) is 4.79 Å². The van der Waals surface area contributed by atoms with E-state index in [1.165, 1.54) is 0 Å². The van der Waals surface area contributed by atoms with Crippen LogP contribution in [0.2, 0.25) is 0 Å². The van der Waals surface area contributed by atoms with Gasteiger partial charge in [-0.05, 0) is 55.0 Å². The summed E-state index contributed by atoms with van der Waals surface area (Å²) in [7, 11) is 0. The molecule has 32 heavy (non-hydrogen) atoms. The summed E-state index contributed by atoms with van der Waals surface area (Å²) in [5.74, 6) is -1.30. The van der Waals surface area contributed by atoms with E-state index in [0.29, 0.717) is 5.65 Å². The number of aryl methyl sites for hydroxylation is 1. The summed E-state index contributed by atoms with van der Waals surface area (Å²) in [4.78, 5) is 24.1. The first-order valence-electron chi connectivity index (χ1n) is 9.52. The average molecular weight is 443 g/mol. The topological polar surface area (TPSA) is 82.7 Å². The van der Waals surface area contributed by atoms with Gasteiger partial charge in [0.25, 0.3) is 5.91 Å². The quantitative estimate of drug-likeness (QED) is 0.366. The maximum absolute atomic E-state index is 13.8. The van der Waals surface area contributed by atoms with Crippen molar-refractivity contribution < 1.29 is 22.4 Å². The standard InChI is InChI=1S/C22H17F4N5O/c1-12-8-13(17-6-7-27-20(17)30-12)10-28-19-18(9-15(23)11-29-19)21(32)31-16-4-2-14(3-5-16)22(24,25)26/h2-9,11H,10H2,1H3,(H,27,30)(H,28,29)(H,31,32). The molecule has 3 heterocycles. The molecule has 0 aliphatic rings. The predicted molar refractivity (Wildman–Crippen MR) is 112 cm³/mol. The first-order valence-corrected chi connectivity index (χ1v) is 9.52. The van der Waals surface area contributed by atoms with Crippen LogP contribution in [0.25, 0.3) is 11.0 Å². The van der Waals surface area contributed by atoms with Gasteiger partial charge in [-0.25, -0.2) is 14.4 Å². The van der Waals surface area contributed by atoms with E-state index in [-0.39, 0.29) is 23.6 Å². The van der Waals surface area contributed by atoms with Crippen LogP contribution in [0.4, 0.5) is 29.1 Å². The van der Waals surface area contributed by atoms with Crippen molar-refractivity contribution in [3.05, 3.63) is 83.1 Å². The Morgan fingerprint density at radius 2 is 1.88 bits per heavy atom. The fourth-order valence-electron chi connectivity index (χ4n) is 3.27. The van der Waals surface area contributed by atoms with Crippen LogP contribution in [-0.2, 0) is 12.7 Å². The minimum atomic E-state index is -4.48. The van der Waals surface area contributed by atoms with Crippen molar-refractivity contribution in [2.45, 2.75) is 19.6 Å². The van der Waals surface area contributed by atoms with Gasteiger partial charge in [0, 0.05) is 29.5 Å². The van der Waals surface area contributed by atoms with E-state index in [1.54, 1.807) is 6.20 Å². The molecule has 0 radical (unpaired) electrons. The molecule has 0 unspecified atom stereocenters. The maximum Gasteiger partial charge on any atom is 0.416 e. The molecule has 1 aromatic carbocycles. The van der Waals surface area contributed by atoms with Gasteiger partial charge in [0.1, 0.15) is 17.3 Å². The SMILES string of the molecule is Cc1cc(CNc2ncc(F)cc2C(=O)Nc2ccc(C(F)(F)F)cc2)c2cc[nH]c2n1. The number of alkyl halides is 3. The van der Waals surface area contributed by atoms with Gasteiger partial charge in [0.05, 0.1) is 17.3 Å². The van der Waals surface area contributed by atoms with Crippen LogP contribution in [0.5, 0.6) is 0 Å². The number of hydrogen-bond acceptors (Lipinski definition) is 4. The van der Waals surface area contributed by atoms with Gasteiger partial charge in [-0.2, -0.15) is 13.2 Å². The number of benzene rings is 1. The fraction of sp³-hybridized carbons (Fsp3) is 0.136. The van der Waals surface area contributed by atoms with Crippen LogP contribution in [0, 0.1) is 12.7 Å². The molecule has 0 aliphatic carbocycles. The van der Waals surface area contributed by atoms with E-state index in [9.17, 15) is 22.4 Å². The Bertz CT molecular complexity index is 1280. The zero-order chi connectivity index (χ0) is 22.9. The van der Waals surface area contributed by atoms with Crippen LogP contribution in [-0.4, -0.2) is 20.9 Å². The minimum absolute atomic E-state index is 0.0824. The van der Waals surface area contributed by atoms with Crippen molar-refractivity contribution in [3.8, 4) is 0 Å². The molecule has 0 saturated heterocycles. The number of rotatable bonds is 5. The highest BCUT2D eigenvalue weighted by Crippen LogP contribution is 2.30. The number of anilines is 2. The number of halogens is 4. The summed E-state index contributed by atoms with van der Waals surface area (Å²) in [5.41, 5.74) is 1.62. The normalized spacial score (nSPS) is 11.5. The fourth-order valence-corrected chi connectivity index (χ4v) is 3.27. The molecular weight excluding hydrogens is 426 g/mol. The number of carbonyl (C=O) groups is 1. The second kappa shape index (κ2) is 8.29. The Balaban J connectivity index is 1.55. The highest BCUT2D eigenvalue weighted by Gasteiger charge is 2.30. The second-order valence-electron chi connectivity index (χ2n) is 7.10. The van der Waals surface area contributed by atoms with Gasteiger partial charge in [0.2, 0.25) is 0 Å². The monoisotopic (exact) mass is 443 g/mol. The number of amides is 1. The molecule has 4 rings (SSSR count). The number of aromatic nitrogens is 3. The molecule has 4 aromatic rings. The summed E-state index contributed by atoms with van der Waals surface area (Å²) in [6, 6.07) is 8.73. The number of fused-ring (bicyclic) bond motifs is 1. The summed E-state index contributed by atoms with van der Waals surface area (Å²) >= 11 is 0. The molecule has 0 fully saturated rings. The molecular formula is C22H17F4N5O. The number of aromatic amines is 1. The van der Waals surface area contributed by atoms with Crippen LogP contribution < -0.4 is 10.6 Å². The first-order chi connectivity index (χ1) is 15.2. The lowest BCUT2D eigenvalue weighted by Gasteiger charge is -2.13. The minimum Gasteiger partial charge on any atom is -0.365 e. The van der Waals surface area contributed by atoms with E-state index in [4.69, 9.17) is 0 Å². The third-order valence-corrected chi connectivity index (χ3v) is 4.76. The third kappa shape index (κ3) is 4.53. The lowest BCUT2D eigenvalue weighted by molar-refractivity contribution is -0.137. The molecule has 0 saturated carbocycles. The molecule has 0 atom stereocenters. The first kappa shape index (κ1) is 21.3. The number of nitrogens with zero attached hydrogens (tertiary/aromatic N) is 2. The van der Waals surface area contributed by atoms with Crippen LogP contribution >= 0.6 is 0 Å². The van der Waals surface area contributed by atoms with Crippen molar-refractivity contribution >= 4 is 28.4 Å². The van der Waals surface area contributed by atoms with Gasteiger partial charge in [0.15, 0.2) is 0 Å². The number of nitrogens with one attached hydrogen (secondary N) is 3. The number of pyridine rings is 2. The Morgan fingerprint density at radius 1 is 1.12 bits per heavy atom. The third-order valence-electron chi connectivity index (χ3n) is 4.76.